The number of likely N-dealkylation sites (tertiary alicyclic amines) is 1. The molecule has 0 spiro atoms. The minimum Gasteiger partial charge on any atom is -0.392 e. The zero-order valence-corrected chi connectivity index (χ0v) is 27.0. The predicted molar refractivity (Wildman–Crippen MR) is 183 cm³/mol. The minimum atomic E-state index is -0.703. The van der Waals surface area contributed by atoms with Gasteiger partial charge < -0.3 is 24.8 Å². The highest BCUT2D eigenvalue weighted by Crippen LogP contribution is 2.47. The van der Waals surface area contributed by atoms with Crippen molar-refractivity contribution in [2.75, 3.05) is 25.0 Å². The van der Waals surface area contributed by atoms with Crippen LogP contribution < -0.4 is 5.32 Å². The van der Waals surface area contributed by atoms with Gasteiger partial charge in [0.1, 0.15) is 0 Å². The van der Waals surface area contributed by atoms with Crippen LogP contribution >= 0.6 is 0 Å². The lowest BCUT2D eigenvalue weighted by Gasteiger charge is -2.44. The number of aliphatic hydroxyl groups is 1. The lowest BCUT2D eigenvalue weighted by Crippen LogP contribution is -2.45. The largest absolute Gasteiger partial charge is 0.392 e. The van der Waals surface area contributed by atoms with Crippen LogP contribution in [0.3, 0.4) is 0 Å². The van der Waals surface area contributed by atoms with Crippen molar-refractivity contribution in [3.05, 3.63) is 137 Å². The summed E-state index contributed by atoms with van der Waals surface area (Å²) < 4.78 is 13.8. The van der Waals surface area contributed by atoms with E-state index in [1.807, 2.05) is 48.5 Å². The molecule has 0 radical (unpaired) electrons. The van der Waals surface area contributed by atoms with E-state index in [-0.39, 0.29) is 36.4 Å². The molecule has 2 N–H and O–H groups in total. The molecule has 2 fully saturated rings. The quantitative estimate of drug-likeness (QED) is 0.183. The van der Waals surface area contributed by atoms with Crippen LogP contribution in [0, 0.1) is 0 Å². The maximum absolute atomic E-state index is 13.4. The first-order valence-electron chi connectivity index (χ1n) is 16.8. The normalized spacial score (nSPS) is 22.2. The fraction of sp³-hybridized carbons (Fsp3) is 0.350. The van der Waals surface area contributed by atoms with E-state index in [2.05, 4.69) is 34.5 Å². The number of ketones is 1. The summed E-state index contributed by atoms with van der Waals surface area (Å²) >= 11 is 0. The smallest absolute Gasteiger partial charge is 0.255 e. The molecule has 6 rings (SSSR count). The van der Waals surface area contributed by atoms with Gasteiger partial charge in [-0.2, -0.15) is 0 Å². The summed E-state index contributed by atoms with van der Waals surface area (Å²) in [6, 6.07) is 32.8. The third-order valence-corrected chi connectivity index (χ3v) is 9.31. The molecular formula is C40H44N2O5. The van der Waals surface area contributed by atoms with Gasteiger partial charge in [-0.25, -0.2) is 0 Å². The molecule has 2 aliphatic rings. The third-order valence-electron chi connectivity index (χ3n) is 9.31. The molecule has 2 saturated heterocycles. The summed E-state index contributed by atoms with van der Waals surface area (Å²) in [5.74, 6) is -0.411. The van der Waals surface area contributed by atoms with Crippen LogP contribution in [0.15, 0.2) is 103 Å². The molecule has 0 saturated carbocycles. The van der Waals surface area contributed by atoms with Crippen molar-refractivity contribution < 1.29 is 24.2 Å². The Morgan fingerprint density at radius 2 is 1.43 bits per heavy atom. The van der Waals surface area contributed by atoms with Gasteiger partial charge in [0, 0.05) is 34.8 Å². The van der Waals surface area contributed by atoms with Crippen molar-refractivity contribution in [2.24, 2.45) is 0 Å². The zero-order chi connectivity index (χ0) is 32.6. The molecule has 244 valence electrons. The van der Waals surface area contributed by atoms with E-state index >= 15 is 0 Å². The summed E-state index contributed by atoms with van der Waals surface area (Å²) in [6.07, 6.45) is 4.97. The van der Waals surface area contributed by atoms with Crippen molar-refractivity contribution in [3.8, 4) is 0 Å². The van der Waals surface area contributed by atoms with Gasteiger partial charge in [0.05, 0.1) is 18.8 Å². The standard InChI is InChI=1S/C40H44N2O5/c1-28(44)32-14-11-17-35(25-32)41-39(45)33-15-10-16-34(24-33)40-46-36(26-42-22-8-3-2-4-9-23-42)37(30-12-6-5-7-13-30)38(47-40)31-20-18-29(27-43)19-21-31/h5-7,10-21,24-25,36-38,40,43H,2-4,8-9,22-23,26-27H2,1H3,(H,41,45)/t36-,37-,38+,40?/m1/s1. The van der Waals surface area contributed by atoms with E-state index in [9.17, 15) is 14.7 Å². The molecule has 0 aliphatic carbocycles. The van der Waals surface area contributed by atoms with Gasteiger partial charge in [0.25, 0.3) is 5.91 Å². The molecule has 4 aromatic rings. The first-order valence-corrected chi connectivity index (χ1v) is 16.8. The first kappa shape index (κ1) is 32.8. The second-order valence-corrected chi connectivity index (χ2v) is 12.7. The molecule has 0 bridgehead atoms. The van der Waals surface area contributed by atoms with Crippen LogP contribution in [0.5, 0.6) is 0 Å². The van der Waals surface area contributed by atoms with Gasteiger partial charge in [0.2, 0.25) is 0 Å². The van der Waals surface area contributed by atoms with E-state index in [1.54, 1.807) is 30.3 Å². The van der Waals surface area contributed by atoms with Gasteiger partial charge in [-0.3, -0.25) is 9.59 Å². The predicted octanol–water partition coefficient (Wildman–Crippen LogP) is 7.84. The van der Waals surface area contributed by atoms with Gasteiger partial charge >= 0.3 is 0 Å². The van der Waals surface area contributed by atoms with E-state index in [0.29, 0.717) is 16.8 Å². The highest BCUT2D eigenvalue weighted by atomic mass is 16.7. The maximum Gasteiger partial charge on any atom is 0.255 e. The van der Waals surface area contributed by atoms with Gasteiger partial charge in [-0.05, 0) is 73.8 Å². The molecule has 7 nitrogen and oxygen atoms in total. The monoisotopic (exact) mass is 632 g/mol. The number of benzene rings is 4. The number of hydrogen-bond donors (Lipinski definition) is 2. The number of aliphatic hydroxyl groups excluding tert-OH is 1. The second kappa shape index (κ2) is 15.6. The second-order valence-electron chi connectivity index (χ2n) is 12.7. The molecule has 47 heavy (non-hydrogen) atoms. The topological polar surface area (TPSA) is 88.1 Å². The fourth-order valence-corrected chi connectivity index (χ4v) is 6.76. The average molecular weight is 633 g/mol. The van der Waals surface area contributed by atoms with E-state index in [1.165, 1.54) is 39.0 Å². The Balaban J connectivity index is 1.33. The Morgan fingerprint density at radius 1 is 0.745 bits per heavy atom. The number of carbonyl (C=O) groups is 2. The third kappa shape index (κ3) is 8.24. The molecule has 4 aromatic carbocycles. The Hall–Kier alpha value is -4.14. The van der Waals surface area contributed by atoms with Gasteiger partial charge in [0.15, 0.2) is 12.1 Å². The maximum atomic E-state index is 13.4. The van der Waals surface area contributed by atoms with Crippen molar-refractivity contribution >= 4 is 17.4 Å². The fourth-order valence-electron chi connectivity index (χ4n) is 6.76. The summed E-state index contributed by atoms with van der Waals surface area (Å²) in [5.41, 5.74) is 5.34. The highest BCUT2D eigenvalue weighted by molar-refractivity contribution is 6.05. The number of nitrogens with one attached hydrogen (secondary N) is 1. The van der Waals surface area contributed by atoms with Crippen LogP contribution in [-0.2, 0) is 16.1 Å². The number of anilines is 1. The van der Waals surface area contributed by atoms with Crippen LogP contribution in [0.25, 0.3) is 0 Å². The number of carbonyl (C=O) groups excluding carboxylic acids is 2. The van der Waals surface area contributed by atoms with Crippen LogP contribution in [-0.4, -0.2) is 47.4 Å². The number of ether oxygens (including phenoxy) is 2. The van der Waals surface area contributed by atoms with Crippen LogP contribution in [0.4, 0.5) is 5.69 Å². The summed E-state index contributed by atoms with van der Waals surface area (Å²) in [4.78, 5) is 27.8. The van der Waals surface area contributed by atoms with Crippen molar-refractivity contribution in [1.82, 2.24) is 4.90 Å². The number of rotatable bonds is 9. The average Bonchev–Trinajstić information content (AvgIpc) is 3.09. The molecule has 2 heterocycles. The molecule has 1 unspecified atom stereocenters. The number of nitrogens with zero attached hydrogens (tertiary/aromatic N) is 1. The van der Waals surface area contributed by atoms with E-state index in [4.69, 9.17) is 9.47 Å². The molecular weight excluding hydrogens is 588 g/mol. The summed E-state index contributed by atoms with van der Waals surface area (Å²) in [6.45, 7) is 4.35. The van der Waals surface area contributed by atoms with E-state index in [0.717, 1.165) is 41.9 Å². The zero-order valence-electron chi connectivity index (χ0n) is 27.0. The van der Waals surface area contributed by atoms with Crippen molar-refractivity contribution in [3.63, 3.8) is 0 Å². The lowest BCUT2D eigenvalue weighted by atomic mass is 9.83. The Bertz CT molecular complexity index is 1630. The minimum absolute atomic E-state index is 0.0227. The summed E-state index contributed by atoms with van der Waals surface area (Å²) in [7, 11) is 0. The molecule has 0 aromatic heterocycles. The number of amides is 1. The molecule has 1 amide bonds. The Morgan fingerprint density at radius 3 is 2.15 bits per heavy atom. The Kier molecular flexibility index (Phi) is 10.9. The molecule has 2 aliphatic heterocycles. The summed E-state index contributed by atoms with van der Waals surface area (Å²) in [5, 5.41) is 12.7. The molecule has 4 atom stereocenters. The SMILES string of the molecule is CC(=O)c1cccc(NC(=O)c2cccc(C3O[C@H](CN4CCCCCCC4)[C@@H](c4ccccc4)[C@H](c4ccc(CO)cc4)O3)c2)c1. The highest BCUT2D eigenvalue weighted by Gasteiger charge is 2.42. The van der Waals surface area contributed by atoms with Crippen molar-refractivity contribution in [1.29, 1.82) is 0 Å². The first-order chi connectivity index (χ1) is 23.0. The van der Waals surface area contributed by atoms with Gasteiger partial charge in [-0.1, -0.05) is 98.1 Å². The van der Waals surface area contributed by atoms with E-state index < -0.39 is 6.29 Å². The Labute approximate surface area is 277 Å². The number of hydrogen-bond acceptors (Lipinski definition) is 6. The van der Waals surface area contributed by atoms with Gasteiger partial charge in [-0.15, -0.1) is 0 Å². The van der Waals surface area contributed by atoms with Crippen LogP contribution in [0.2, 0.25) is 0 Å². The molecule has 7 heteroatoms. The van der Waals surface area contributed by atoms with Crippen molar-refractivity contribution in [2.45, 2.75) is 70.1 Å². The number of Topliss-reactive ketones (excluding diaryl/α,β-unsaturated/α-hetero) is 1. The van der Waals surface area contributed by atoms with Crippen LogP contribution in [0.1, 0.15) is 100 Å². The lowest BCUT2D eigenvalue weighted by molar-refractivity contribution is -0.263.